The van der Waals surface area contributed by atoms with Crippen LogP contribution in [-0.4, -0.2) is 121 Å². The van der Waals surface area contributed by atoms with Gasteiger partial charge in [-0.1, -0.05) is 0 Å². The standard InChI is InChI=1S/C21H28N10O13P2/c1-23-14-8-15(25-3-24-14)30(4-26-8)18-11(33)10(32)7(42-18)2-41-46(38,39)44-13-12(34)20(40-6-45(36)37)43-19(13)31-5-27-9-16(31)28-21(22)29-17(9)35/h3-5,7,10-13,18-20,32-34,45H,2,6H2,1H3,(H,36,37)(H,38,39)(H,23,24,25)(H3,22,28,29,35)/t7-,10+,11+,12-,13+,18-,19-,20+/m1/s1. The summed E-state index contributed by atoms with van der Waals surface area (Å²) in [6, 6.07) is 0. The van der Waals surface area contributed by atoms with Gasteiger partial charge in [0.05, 0.1) is 19.3 Å². The summed E-state index contributed by atoms with van der Waals surface area (Å²) in [7, 11) is -6.71. The molecule has 0 amide bonds. The number of hydrogen-bond donors (Lipinski definition) is 8. The highest BCUT2D eigenvalue weighted by molar-refractivity contribution is 7.47. The molecule has 250 valence electrons. The number of phosphoric ester groups is 1. The zero-order chi connectivity index (χ0) is 32.9. The molecule has 2 aliphatic heterocycles. The molecule has 2 unspecified atom stereocenters. The number of aromatic amines is 1. The molecule has 0 aliphatic carbocycles. The summed E-state index contributed by atoms with van der Waals surface area (Å²) in [6.45, 7) is -0.784. The van der Waals surface area contributed by atoms with Crippen LogP contribution in [0.5, 0.6) is 0 Å². The van der Waals surface area contributed by atoms with Crippen LogP contribution in [-0.2, 0) is 32.4 Å². The fourth-order valence-electron chi connectivity index (χ4n) is 5.05. The minimum atomic E-state index is -5.16. The van der Waals surface area contributed by atoms with Crippen molar-refractivity contribution >= 4 is 49.9 Å². The molecule has 10 atom stereocenters. The van der Waals surface area contributed by atoms with E-state index in [1.165, 1.54) is 17.2 Å². The van der Waals surface area contributed by atoms with Crippen LogP contribution in [0.1, 0.15) is 12.5 Å². The molecule has 2 saturated heterocycles. The Morgan fingerprint density at radius 2 is 1.78 bits per heavy atom. The monoisotopic (exact) mass is 690 g/mol. The third-order valence-electron chi connectivity index (χ3n) is 7.13. The molecule has 46 heavy (non-hydrogen) atoms. The molecule has 0 saturated carbocycles. The smallest absolute Gasteiger partial charge is 0.387 e. The first-order valence-electron chi connectivity index (χ1n) is 13.3. The summed E-state index contributed by atoms with van der Waals surface area (Å²) in [6.07, 6.45) is -9.67. The Balaban J connectivity index is 1.20. The third-order valence-corrected chi connectivity index (χ3v) is 8.53. The van der Waals surface area contributed by atoms with Crippen LogP contribution in [0.15, 0.2) is 23.8 Å². The lowest BCUT2D eigenvalue weighted by atomic mass is 10.1. The summed E-state index contributed by atoms with van der Waals surface area (Å²) in [4.78, 5) is 54.7. The number of aromatic nitrogens is 8. The number of ether oxygens (including phenoxy) is 3. The number of H-pyrrole nitrogens is 1. The summed E-state index contributed by atoms with van der Waals surface area (Å²) < 4.78 is 53.6. The van der Waals surface area contributed by atoms with E-state index in [0.29, 0.717) is 11.3 Å². The summed E-state index contributed by atoms with van der Waals surface area (Å²) in [5, 5.41) is 35.1. The van der Waals surface area contributed by atoms with E-state index in [1.54, 1.807) is 7.05 Å². The molecule has 0 aromatic carbocycles. The number of nitrogens with zero attached hydrogens (tertiary/aromatic N) is 7. The predicted molar refractivity (Wildman–Crippen MR) is 151 cm³/mol. The Labute approximate surface area is 256 Å². The number of nitrogens with two attached hydrogens (primary N) is 1. The van der Waals surface area contributed by atoms with Gasteiger partial charge in [0.25, 0.3) is 5.56 Å². The molecule has 9 N–H and O–H groups in total. The number of rotatable bonds is 11. The molecule has 23 nitrogen and oxygen atoms in total. The molecule has 0 spiro atoms. The van der Waals surface area contributed by atoms with Crippen molar-refractivity contribution < 1.29 is 57.5 Å². The zero-order valence-corrected chi connectivity index (χ0v) is 25.3. The number of imidazole rings is 2. The minimum Gasteiger partial charge on any atom is -0.387 e. The second kappa shape index (κ2) is 12.6. The maximum Gasteiger partial charge on any atom is 0.472 e. The van der Waals surface area contributed by atoms with Crippen molar-refractivity contribution in [3.05, 3.63) is 29.3 Å². The molecule has 0 radical (unpaired) electrons. The Morgan fingerprint density at radius 3 is 2.50 bits per heavy atom. The van der Waals surface area contributed by atoms with Crippen LogP contribution in [0, 0.1) is 0 Å². The topological polar surface area (TPSA) is 327 Å². The molecule has 6 rings (SSSR count). The lowest BCUT2D eigenvalue weighted by Crippen LogP contribution is -2.36. The van der Waals surface area contributed by atoms with Crippen LogP contribution >= 0.6 is 15.9 Å². The highest BCUT2D eigenvalue weighted by Gasteiger charge is 2.51. The van der Waals surface area contributed by atoms with E-state index in [4.69, 9.17) is 29.0 Å². The quantitative estimate of drug-likeness (QED) is 0.0746. The number of aliphatic hydroxyl groups is 3. The molecule has 25 heteroatoms. The zero-order valence-electron chi connectivity index (χ0n) is 23.4. The van der Waals surface area contributed by atoms with Gasteiger partial charge < -0.3 is 50.4 Å². The van der Waals surface area contributed by atoms with Gasteiger partial charge in [0, 0.05) is 7.05 Å². The molecule has 2 aliphatic rings. The number of nitrogens with one attached hydrogen (secondary N) is 2. The molecule has 0 bridgehead atoms. The van der Waals surface area contributed by atoms with Crippen LogP contribution in [0.4, 0.5) is 11.8 Å². The Bertz CT molecular complexity index is 1870. The van der Waals surface area contributed by atoms with E-state index in [9.17, 15) is 39.0 Å². The molecule has 2 fully saturated rings. The SMILES string of the molecule is CNc1ncnc2c1ncn2[C@@H]1O[C@H](COP(=O)(O)O[C@H]2[C@@H](O)[C@@H](OC[PH](=O)O)O[C@H]2n2cnc3c(=O)[nH]c(N)nc32)[C@H](O)[C@@H]1O. The van der Waals surface area contributed by atoms with Gasteiger partial charge in [-0.15, -0.1) is 0 Å². The average molecular weight is 690 g/mol. The number of aliphatic hydroxyl groups excluding tert-OH is 3. The van der Waals surface area contributed by atoms with Crippen molar-refractivity contribution in [2.75, 3.05) is 31.1 Å². The number of fused-ring (bicyclic) bond motifs is 2. The van der Waals surface area contributed by atoms with E-state index >= 15 is 0 Å². The van der Waals surface area contributed by atoms with Gasteiger partial charge in [-0.2, -0.15) is 4.98 Å². The second-order valence-corrected chi connectivity index (χ2v) is 12.5. The van der Waals surface area contributed by atoms with Gasteiger partial charge in [-0.25, -0.2) is 24.5 Å². The molecule has 6 heterocycles. The highest BCUT2D eigenvalue weighted by Crippen LogP contribution is 2.50. The third kappa shape index (κ3) is 6.03. The normalized spacial score (nSPS) is 30.2. The van der Waals surface area contributed by atoms with Crippen LogP contribution in [0.2, 0.25) is 0 Å². The van der Waals surface area contributed by atoms with E-state index in [2.05, 4.69) is 35.2 Å². The van der Waals surface area contributed by atoms with E-state index < -0.39 is 83.6 Å². The summed E-state index contributed by atoms with van der Waals surface area (Å²) >= 11 is 0. The van der Waals surface area contributed by atoms with E-state index in [-0.39, 0.29) is 22.8 Å². The van der Waals surface area contributed by atoms with Crippen LogP contribution in [0.3, 0.4) is 0 Å². The maximum atomic E-state index is 13.1. The molecule has 4 aromatic rings. The first kappa shape index (κ1) is 32.5. The van der Waals surface area contributed by atoms with Crippen molar-refractivity contribution in [1.29, 1.82) is 0 Å². The molecular formula is C21H28N10O13P2. The Hall–Kier alpha value is -3.44. The fraction of sp³-hybridized carbons (Fsp3) is 0.524. The van der Waals surface area contributed by atoms with Gasteiger partial charge in [0.2, 0.25) is 14.0 Å². The van der Waals surface area contributed by atoms with Crippen molar-refractivity contribution in [2.45, 2.75) is 49.3 Å². The fourth-order valence-corrected chi connectivity index (χ4v) is 6.29. The van der Waals surface area contributed by atoms with Crippen molar-refractivity contribution in [3.63, 3.8) is 0 Å². The maximum absolute atomic E-state index is 13.1. The summed E-state index contributed by atoms with van der Waals surface area (Å²) in [5.74, 6) is 0.104. The molecular weight excluding hydrogens is 662 g/mol. The number of phosphoric acid groups is 1. The average Bonchev–Trinajstić information content (AvgIpc) is 3.76. The van der Waals surface area contributed by atoms with Gasteiger partial charge in [-0.3, -0.25) is 32.5 Å². The first-order chi connectivity index (χ1) is 21.9. The lowest BCUT2D eigenvalue weighted by molar-refractivity contribution is -0.166. The number of nitrogen functional groups attached to an aromatic ring is 1. The summed E-state index contributed by atoms with van der Waals surface area (Å²) in [5.41, 5.74) is 5.21. The first-order valence-corrected chi connectivity index (χ1v) is 16.4. The van der Waals surface area contributed by atoms with E-state index in [1.807, 2.05) is 0 Å². The van der Waals surface area contributed by atoms with Crippen molar-refractivity contribution in [1.82, 2.24) is 39.0 Å². The lowest BCUT2D eigenvalue weighted by Gasteiger charge is -2.24. The largest absolute Gasteiger partial charge is 0.472 e. The van der Waals surface area contributed by atoms with Gasteiger partial charge in [0.1, 0.15) is 48.7 Å². The van der Waals surface area contributed by atoms with Gasteiger partial charge >= 0.3 is 7.82 Å². The minimum absolute atomic E-state index is 0.154. The van der Waals surface area contributed by atoms with Gasteiger partial charge in [-0.05, 0) is 0 Å². The highest BCUT2D eigenvalue weighted by atomic mass is 31.2. The number of hydrogen-bond acceptors (Lipinski definition) is 18. The number of anilines is 2. The van der Waals surface area contributed by atoms with Crippen LogP contribution in [0.25, 0.3) is 22.3 Å². The van der Waals surface area contributed by atoms with Crippen LogP contribution < -0.4 is 16.6 Å². The van der Waals surface area contributed by atoms with Gasteiger partial charge in [0.15, 0.2) is 41.4 Å². The molecule has 4 aromatic heterocycles. The second-order valence-electron chi connectivity index (χ2n) is 10.0. The predicted octanol–water partition coefficient (Wildman–Crippen LogP) is -2.64. The van der Waals surface area contributed by atoms with E-state index in [0.717, 1.165) is 10.9 Å². The van der Waals surface area contributed by atoms with Crippen molar-refractivity contribution in [2.24, 2.45) is 0 Å². The van der Waals surface area contributed by atoms with Crippen molar-refractivity contribution in [3.8, 4) is 0 Å². The Morgan fingerprint density at radius 1 is 1.07 bits per heavy atom. The Kier molecular flexibility index (Phi) is 8.93.